The quantitative estimate of drug-likeness (QED) is 0.220. The molecule has 0 saturated heterocycles. The first-order valence-corrected chi connectivity index (χ1v) is 10.6. The van der Waals surface area contributed by atoms with Gasteiger partial charge in [0.25, 0.3) is 0 Å². The highest BCUT2D eigenvalue weighted by Crippen LogP contribution is 2.28. The zero-order chi connectivity index (χ0) is 23.0. The average Bonchev–Trinajstić information content (AvgIpc) is 3.29. The molecule has 1 aromatic heterocycles. The summed E-state index contributed by atoms with van der Waals surface area (Å²) in [7, 11) is 1.48. The minimum atomic E-state index is -0.203. The van der Waals surface area contributed by atoms with Gasteiger partial charge < -0.3 is 9.84 Å². The number of H-pyrrole nitrogens is 1. The number of aromatic amines is 1. The number of hydrogen-bond donors (Lipinski definition) is 3. The van der Waals surface area contributed by atoms with Crippen LogP contribution in [0.25, 0.3) is 22.5 Å². The molecule has 0 aliphatic heterocycles. The van der Waals surface area contributed by atoms with E-state index in [9.17, 15) is 9.90 Å². The van der Waals surface area contributed by atoms with E-state index in [1.807, 2.05) is 47.3 Å². The molecule has 0 bridgehead atoms. The Morgan fingerprint density at radius 1 is 1.06 bits per heavy atom. The molecule has 1 amide bonds. The van der Waals surface area contributed by atoms with E-state index in [0.29, 0.717) is 17.9 Å². The van der Waals surface area contributed by atoms with Gasteiger partial charge >= 0.3 is 0 Å². The number of imidazole rings is 1. The first-order chi connectivity index (χ1) is 16.2. The Labute approximate surface area is 192 Å². The Morgan fingerprint density at radius 2 is 1.76 bits per heavy atom. The van der Waals surface area contributed by atoms with Crippen LogP contribution >= 0.6 is 0 Å². The Hall–Kier alpha value is -4.39. The number of methoxy groups -OCH3 is 1. The number of rotatable bonds is 8. The summed E-state index contributed by atoms with van der Waals surface area (Å²) >= 11 is 0. The number of carbonyl (C=O) groups is 1. The predicted octanol–water partition coefficient (Wildman–Crippen LogP) is 3.89. The number of ether oxygens (including phenoxy) is 1. The molecule has 0 aliphatic rings. The molecule has 0 atom stereocenters. The van der Waals surface area contributed by atoms with E-state index in [4.69, 9.17) is 4.74 Å². The lowest BCUT2D eigenvalue weighted by atomic mass is 10.0. The number of phenolic OH excluding ortho intramolecular Hbond substituents is 1. The maximum atomic E-state index is 12.4. The van der Waals surface area contributed by atoms with E-state index in [-0.39, 0.29) is 18.1 Å². The number of hydrogen-bond acceptors (Lipinski definition) is 4. The van der Waals surface area contributed by atoms with Crippen LogP contribution in [-0.2, 0) is 11.3 Å². The number of aromatic nitrogens is 2. The van der Waals surface area contributed by atoms with Crippen LogP contribution in [0, 0.1) is 0 Å². The van der Waals surface area contributed by atoms with Gasteiger partial charge in [0.05, 0.1) is 26.3 Å². The van der Waals surface area contributed by atoms with Crippen molar-refractivity contribution in [3.63, 3.8) is 0 Å². The monoisotopic (exact) mass is 441 g/mol. The van der Waals surface area contributed by atoms with Crippen molar-refractivity contribution >= 4 is 12.1 Å². The lowest BCUT2D eigenvalue weighted by Crippen LogP contribution is -2.36. The predicted molar refractivity (Wildman–Crippen MR) is 127 cm³/mol. The van der Waals surface area contributed by atoms with E-state index >= 15 is 0 Å². The number of aromatic hydroxyl groups is 1. The Bertz CT molecular complexity index is 1250. The number of carbonyl (C=O) groups excluding carboxylic acids is 1. The number of nitrogens with zero attached hydrogens (tertiary/aromatic N) is 2. The molecule has 1 heterocycles. The maximum absolute atomic E-state index is 12.4. The molecule has 0 aliphatic carbocycles. The van der Waals surface area contributed by atoms with Crippen LogP contribution in [0.5, 0.6) is 11.5 Å². The second kappa shape index (κ2) is 10.3. The van der Waals surface area contributed by atoms with E-state index in [1.165, 1.54) is 19.4 Å². The van der Waals surface area contributed by atoms with Crippen molar-refractivity contribution < 1.29 is 19.2 Å². The summed E-state index contributed by atoms with van der Waals surface area (Å²) in [5.74, 6) is 0.189. The van der Waals surface area contributed by atoms with Crippen LogP contribution < -0.4 is 14.7 Å². The van der Waals surface area contributed by atoms with Crippen LogP contribution in [0.1, 0.15) is 12.0 Å². The van der Waals surface area contributed by atoms with Gasteiger partial charge in [-0.25, -0.2) is 15.0 Å². The van der Waals surface area contributed by atoms with Gasteiger partial charge in [-0.05, 0) is 23.8 Å². The van der Waals surface area contributed by atoms with Crippen LogP contribution in [-0.4, -0.2) is 29.3 Å². The fourth-order valence-electron chi connectivity index (χ4n) is 3.56. The number of hydrazone groups is 1. The highest BCUT2D eigenvalue weighted by atomic mass is 16.5. The smallest absolute Gasteiger partial charge is 0.244 e. The highest BCUT2D eigenvalue weighted by Gasteiger charge is 2.21. The summed E-state index contributed by atoms with van der Waals surface area (Å²) in [4.78, 5) is 15.8. The summed E-state index contributed by atoms with van der Waals surface area (Å²) in [6.07, 6.45) is 3.66. The van der Waals surface area contributed by atoms with E-state index < -0.39 is 0 Å². The molecule has 7 nitrogen and oxygen atoms in total. The van der Waals surface area contributed by atoms with E-state index in [1.54, 1.807) is 12.1 Å². The fraction of sp³-hybridized carbons (Fsp3) is 0.115. The van der Waals surface area contributed by atoms with Crippen molar-refractivity contribution in [2.45, 2.75) is 13.0 Å². The summed E-state index contributed by atoms with van der Waals surface area (Å²) in [6, 6.07) is 25.0. The molecule has 166 valence electrons. The highest BCUT2D eigenvalue weighted by molar-refractivity contribution is 5.83. The maximum Gasteiger partial charge on any atom is 0.244 e. The Morgan fingerprint density at radius 3 is 2.45 bits per heavy atom. The van der Waals surface area contributed by atoms with E-state index in [2.05, 4.69) is 39.8 Å². The number of aryl methyl sites for hydroxylation is 1. The molecule has 4 aromatic rings. The lowest BCUT2D eigenvalue weighted by Gasteiger charge is -2.05. The second-order valence-corrected chi connectivity index (χ2v) is 7.40. The van der Waals surface area contributed by atoms with Crippen molar-refractivity contribution in [2.75, 3.05) is 7.11 Å². The molecule has 0 unspecified atom stereocenters. The minimum absolute atomic E-state index is 0.0475. The van der Waals surface area contributed by atoms with Gasteiger partial charge in [0.1, 0.15) is 0 Å². The van der Waals surface area contributed by atoms with Crippen molar-refractivity contribution in [3.8, 4) is 34.0 Å². The van der Waals surface area contributed by atoms with Crippen LogP contribution in [0.2, 0.25) is 0 Å². The minimum Gasteiger partial charge on any atom is -0.504 e. The fourth-order valence-corrected chi connectivity index (χ4v) is 3.56. The third-order valence-electron chi connectivity index (χ3n) is 5.18. The summed E-state index contributed by atoms with van der Waals surface area (Å²) < 4.78 is 7.12. The normalized spacial score (nSPS) is 10.9. The molecular weight excluding hydrogens is 416 g/mol. The summed E-state index contributed by atoms with van der Waals surface area (Å²) in [5, 5.41) is 13.7. The third kappa shape index (κ3) is 5.27. The average molecular weight is 442 g/mol. The molecule has 33 heavy (non-hydrogen) atoms. The molecule has 0 fully saturated rings. The molecule has 0 saturated carbocycles. The first-order valence-electron chi connectivity index (χ1n) is 10.6. The topological polar surface area (TPSA) is 90.6 Å². The Balaban J connectivity index is 1.46. The van der Waals surface area contributed by atoms with Crippen molar-refractivity contribution in [2.24, 2.45) is 5.10 Å². The number of benzene rings is 3. The molecule has 3 aromatic carbocycles. The number of amides is 1. The van der Waals surface area contributed by atoms with Gasteiger partial charge in [-0.3, -0.25) is 4.79 Å². The zero-order valence-electron chi connectivity index (χ0n) is 18.2. The van der Waals surface area contributed by atoms with Crippen LogP contribution in [0.4, 0.5) is 0 Å². The molecule has 3 N–H and O–H groups in total. The largest absolute Gasteiger partial charge is 0.504 e. The molecule has 4 rings (SSSR count). The summed E-state index contributed by atoms with van der Waals surface area (Å²) in [6.45, 7) is 0.488. The van der Waals surface area contributed by atoms with Gasteiger partial charge in [-0.1, -0.05) is 60.7 Å². The van der Waals surface area contributed by atoms with Crippen LogP contribution in [0.3, 0.4) is 0 Å². The first kappa shape index (κ1) is 21.8. The van der Waals surface area contributed by atoms with Crippen molar-refractivity contribution in [3.05, 3.63) is 90.8 Å². The molecule has 0 radical (unpaired) electrons. The lowest BCUT2D eigenvalue weighted by molar-refractivity contribution is -0.683. The molecule has 0 spiro atoms. The van der Waals surface area contributed by atoms with Gasteiger partial charge in [-0.2, -0.15) is 5.10 Å². The van der Waals surface area contributed by atoms with Gasteiger partial charge in [0, 0.05) is 11.1 Å². The number of nitrogens with one attached hydrogen (secondary N) is 2. The molecular formula is C26H25N4O3+. The summed E-state index contributed by atoms with van der Waals surface area (Å²) in [5.41, 5.74) is 7.42. The zero-order valence-corrected chi connectivity index (χ0v) is 18.2. The molecule has 7 heteroatoms. The van der Waals surface area contributed by atoms with Gasteiger partial charge in [0.2, 0.25) is 12.2 Å². The van der Waals surface area contributed by atoms with Crippen LogP contribution in [0.15, 0.2) is 90.3 Å². The van der Waals surface area contributed by atoms with Crippen molar-refractivity contribution in [1.29, 1.82) is 0 Å². The third-order valence-corrected chi connectivity index (χ3v) is 5.18. The standard InChI is InChI=1S/C26H24N4O3/c1-33-23-16-19(12-13-22(23)31)17-28-29-24(32)14-15-30-18-27-25(20-8-4-2-5-9-20)26(30)21-10-6-3-7-11-21/h2-13,16-18H,14-15H2,1H3,(H2,28,29,31,32)/p+1. The van der Waals surface area contributed by atoms with Gasteiger partial charge in [-0.15, -0.1) is 0 Å². The Kier molecular flexibility index (Phi) is 6.80. The van der Waals surface area contributed by atoms with Gasteiger partial charge in [0.15, 0.2) is 22.9 Å². The number of phenols is 1. The SMILES string of the molecule is COc1cc(/C=N/NC(=O)CC[n+]2c[nH]c(-c3ccccc3)c2-c2ccccc2)ccc1O. The van der Waals surface area contributed by atoms with E-state index in [0.717, 1.165) is 22.5 Å². The second-order valence-electron chi connectivity index (χ2n) is 7.40. The van der Waals surface area contributed by atoms with Crippen molar-refractivity contribution in [1.82, 2.24) is 10.4 Å².